The molecule has 0 aliphatic heterocycles. The predicted octanol–water partition coefficient (Wildman–Crippen LogP) is 4.43. The third-order valence-corrected chi connectivity index (χ3v) is 4.54. The van der Waals surface area contributed by atoms with Crippen LogP contribution in [0.3, 0.4) is 0 Å². The van der Waals surface area contributed by atoms with Crippen molar-refractivity contribution in [1.29, 1.82) is 0 Å². The van der Waals surface area contributed by atoms with Gasteiger partial charge >= 0.3 is 0 Å². The number of hydrogen-bond acceptors (Lipinski definition) is 5. The lowest BCUT2D eigenvalue weighted by molar-refractivity contribution is 0.394. The maximum absolute atomic E-state index is 5.89. The van der Waals surface area contributed by atoms with Crippen LogP contribution in [0, 0.1) is 0 Å². The van der Waals surface area contributed by atoms with Crippen LogP contribution in [0.5, 0.6) is 11.5 Å². The van der Waals surface area contributed by atoms with E-state index in [1.807, 2.05) is 42.5 Å². The minimum Gasteiger partial charge on any atom is -0.497 e. The molecule has 0 unspecified atom stereocenters. The monoisotopic (exact) mass is 361 g/mol. The lowest BCUT2D eigenvalue weighted by Crippen LogP contribution is -1.89. The molecule has 2 aromatic carbocycles. The molecule has 0 saturated heterocycles. The van der Waals surface area contributed by atoms with Gasteiger partial charge < -0.3 is 9.47 Å². The average molecular weight is 362 g/mol. The average Bonchev–Trinajstić information content (AvgIpc) is 3.10. The summed E-state index contributed by atoms with van der Waals surface area (Å²) in [6.07, 6.45) is 0. The molecule has 24 heavy (non-hydrogen) atoms. The van der Waals surface area contributed by atoms with Crippen molar-refractivity contribution in [3.8, 4) is 22.9 Å². The SMILES string of the molecule is COc1cc(OC)cc(-c2nc(SCc3ccc(Cl)cc3)n[nH]2)c1. The van der Waals surface area contributed by atoms with Crippen LogP contribution in [-0.2, 0) is 5.75 Å². The van der Waals surface area contributed by atoms with Crippen molar-refractivity contribution < 1.29 is 9.47 Å². The minimum absolute atomic E-state index is 0.672. The van der Waals surface area contributed by atoms with Gasteiger partial charge in [-0.2, -0.15) is 0 Å². The molecule has 1 aromatic heterocycles. The van der Waals surface area contributed by atoms with Gasteiger partial charge in [0, 0.05) is 22.4 Å². The molecule has 5 nitrogen and oxygen atoms in total. The van der Waals surface area contributed by atoms with Crippen molar-refractivity contribution in [1.82, 2.24) is 15.2 Å². The topological polar surface area (TPSA) is 60.0 Å². The van der Waals surface area contributed by atoms with E-state index in [0.717, 1.165) is 16.3 Å². The number of benzene rings is 2. The number of ether oxygens (including phenoxy) is 2. The maximum Gasteiger partial charge on any atom is 0.209 e. The van der Waals surface area contributed by atoms with Gasteiger partial charge in [-0.05, 0) is 29.8 Å². The Kier molecular flexibility index (Phi) is 5.27. The summed E-state index contributed by atoms with van der Waals surface area (Å²) in [5.74, 6) is 2.86. The number of thioether (sulfide) groups is 1. The normalized spacial score (nSPS) is 10.6. The number of nitrogens with zero attached hydrogens (tertiary/aromatic N) is 2. The Hall–Kier alpha value is -2.18. The van der Waals surface area contributed by atoms with Gasteiger partial charge in [-0.25, -0.2) is 4.98 Å². The number of rotatable bonds is 6. The van der Waals surface area contributed by atoms with Crippen LogP contribution in [0.1, 0.15) is 5.56 Å². The van der Waals surface area contributed by atoms with E-state index in [0.29, 0.717) is 22.5 Å². The highest BCUT2D eigenvalue weighted by Gasteiger charge is 2.10. The number of aromatic nitrogens is 3. The smallest absolute Gasteiger partial charge is 0.209 e. The summed E-state index contributed by atoms with van der Waals surface area (Å²) in [5, 5.41) is 8.63. The lowest BCUT2D eigenvalue weighted by Gasteiger charge is -2.06. The van der Waals surface area contributed by atoms with Crippen molar-refractivity contribution in [3.63, 3.8) is 0 Å². The summed E-state index contributed by atoms with van der Waals surface area (Å²) in [7, 11) is 3.23. The Morgan fingerprint density at radius 2 is 1.71 bits per heavy atom. The molecule has 0 atom stereocenters. The molecular weight excluding hydrogens is 346 g/mol. The van der Waals surface area contributed by atoms with Crippen LogP contribution >= 0.6 is 23.4 Å². The Bertz CT molecular complexity index is 799. The molecule has 7 heteroatoms. The summed E-state index contributed by atoms with van der Waals surface area (Å²) in [6.45, 7) is 0. The fourth-order valence-corrected chi connectivity index (χ4v) is 2.99. The second kappa shape index (κ2) is 7.59. The standard InChI is InChI=1S/C17H16ClN3O2S/c1-22-14-7-12(8-15(9-14)23-2)16-19-17(21-20-16)24-10-11-3-5-13(18)6-4-11/h3-9H,10H2,1-2H3,(H,19,20,21). The zero-order chi connectivity index (χ0) is 16.9. The van der Waals surface area contributed by atoms with Crippen LogP contribution < -0.4 is 9.47 Å². The molecule has 1 N–H and O–H groups in total. The van der Waals surface area contributed by atoms with Crippen LogP contribution in [0.25, 0.3) is 11.4 Å². The third-order valence-electron chi connectivity index (χ3n) is 3.37. The Labute approximate surface area is 149 Å². The fraction of sp³-hybridized carbons (Fsp3) is 0.176. The van der Waals surface area contributed by atoms with E-state index in [9.17, 15) is 0 Å². The fourth-order valence-electron chi connectivity index (χ4n) is 2.11. The molecule has 3 aromatic rings. The first-order valence-electron chi connectivity index (χ1n) is 7.21. The van der Waals surface area contributed by atoms with Crippen molar-refractivity contribution in [2.75, 3.05) is 14.2 Å². The number of H-pyrrole nitrogens is 1. The molecule has 1 heterocycles. The van der Waals surface area contributed by atoms with Gasteiger partial charge in [0.25, 0.3) is 0 Å². The summed E-state index contributed by atoms with van der Waals surface area (Å²) >= 11 is 7.45. The quantitative estimate of drug-likeness (QED) is 0.658. The van der Waals surface area contributed by atoms with Crippen LogP contribution in [0.15, 0.2) is 47.6 Å². The van der Waals surface area contributed by atoms with Crippen LogP contribution in [0.2, 0.25) is 5.02 Å². The number of halogens is 1. The van der Waals surface area contributed by atoms with E-state index in [1.165, 1.54) is 5.56 Å². The van der Waals surface area contributed by atoms with E-state index in [1.54, 1.807) is 26.0 Å². The van der Waals surface area contributed by atoms with Gasteiger partial charge in [0.2, 0.25) is 5.16 Å². The second-order valence-corrected chi connectivity index (χ2v) is 6.36. The molecular formula is C17H16ClN3O2S. The second-order valence-electron chi connectivity index (χ2n) is 4.98. The molecule has 3 rings (SSSR count). The summed E-state index contributed by atoms with van der Waals surface area (Å²) in [4.78, 5) is 4.52. The van der Waals surface area contributed by atoms with E-state index < -0.39 is 0 Å². The molecule has 0 saturated carbocycles. The van der Waals surface area contributed by atoms with Gasteiger partial charge in [-0.1, -0.05) is 35.5 Å². The molecule has 124 valence electrons. The zero-order valence-corrected chi connectivity index (χ0v) is 14.8. The number of hydrogen-bond donors (Lipinski definition) is 1. The first kappa shape index (κ1) is 16.7. The van der Waals surface area contributed by atoms with E-state index in [4.69, 9.17) is 21.1 Å². The first-order chi connectivity index (χ1) is 11.7. The summed E-state index contributed by atoms with van der Waals surface area (Å²) in [6, 6.07) is 13.3. The largest absolute Gasteiger partial charge is 0.497 e. The third kappa shape index (κ3) is 4.01. The Morgan fingerprint density at radius 3 is 2.33 bits per heavy atom. The molecule has 0 aliphatic rings. The summed E-state index contributed by atoms with van der Waals surface area (Å²) < 4.78 is 10.6. The van der Waals surface area contributed by atoms with Crippen molar-refractivity contribution in [2.45, 2.75) is 10.9 Å². The predicted molar refractivity (Wildman–Crippen MR) is 95.9 cm³/mol. The van der Waals surface area contributed by atoms with Crippen molar-refractivity contribution in [3.05, 3.63) is 53.1 Å². The molecule has 0 aliphatic carbocycles. The highest BCUT2D eigenvalue weighted by molar-refractivity contribution is 7.98. The van der Waals surface area contributed by atoms with Crippen LogP contribution in [0.4, 0.5) is 0 Å². The lowest BCUT2D eigenvalue weighted by atomic mass is 10.2. The molecule has 0 fully saturated rings. The molecule has 0 bridgehead atoms. The molecule has 0 spiro atoms. The van der Waals surface area contributed by atoms with Crippen LogP contribution in [-0.4, -0.2) is 29.4 Å². The molecule has 0 radical (unpaired) electrons. The maximum atomic E-state index is 5.89. The molecule has 0 amide bonds. The minimum atomic E-state index is 0.672. The van der Waals surface area contributed by atoms with Gasteiger partial charge in [-0.3, -0.25) is 5.10 Å². The Balaban J connectivity index is 1.74. The van der Waals surface area contributed by atoms with Gasteiger partial charge in [0.15, 0.2) is 5.82 Å². The van der Waals surface area contributed by atoms with E-state index in [-0.39, 0.29) is 0 Å². The highest BCUT2D eigenvalue weighted by Crippen LogP contribution is 2.29. The Morgan fingerprint density at radius 1 is 1.04 bits per heavy atom. The highest BCUT2D eigenvalue weighted by atomic mass is 35.5. The number of nitrogens with one attached hydrogen (secondary N) is 1. The number of aromatic amines is 1. The van der Waals surface area contributed by atoms with Gasteiger partial charge in [-0.15, -0.1) is 5.10 Å². The van der Waals surface area contributed by atoms with E-state index >= 15 is 0 Å². The van der Waals surface area contributed by atoms with Gasteiger partial charge in [0.1, 0.15) is 11.5 Å². The zero-order valence-electron chi connectivity index (χ0n) is 13.2. The van der Waals surface area contributed by atoms with Gasteiger partial charge in [0.05, 0.1) is 14.2 Å². The van der Waals surface area contributed by atoms with Crippen molar-refractivity contribution in [2.24, 2.45) is 0 Å². The van der Waals surface area contributed by atoms with Crippen molar-refractivity contribution >= 4 is 23.4 Å². The summed E-state index contributed by atoms with van der Waals surface area (Å²) in [5.41, 5.74) is 2.02. The van der Waals surface area contributed by atoms with E-state index in [2.05, 4.69) is 15.2 Å². The first-order valence-corrected chi connectivity index (χ1v) is 8.57. The number of methoxy groups -OCH3 is 2.